The van der Waals surface area contributed by atoms with Crippen LogP contribution in [0.4, 0.5) is 10.5 Å². The SMILES string of the molecule is CCOC(=O)[C@@H]1[C@H]2COc3ccc(Br)cc3[C@H]2N2C(=O)N(c3ccc(C)cc3)C(=O)[C@@]12C. The van der Waals surface area contributed by atoms with Crippen LogP contribution in [0, 0.1) is 18.8 Å². The average molecular weight is 499 g/mol. The number of carbonyl (C=O) groups is 3. The van der Waals surface area contributed by atoms with Crippen LogP contribution in [0.5, 0.6) is 5.75 Å². The van der Waals surface area contributed by atoms with Crippen LogP contribution < -0.4 is 9.64 Å². The van der Waals surface area contributed by atoms with Crippen LogP contribution in [0.1, 0.15) is 31.0 Å². The number of benzene rings is 2. The van der Waals surface area contributed by atoms with Crippen molar-refractivity contribution in [2.75, 3.05) is 18.1 Å². The highest BCUT2D eigenvalue weighted by Crippen LogP contribution is 2.58. The normalized spacial score (nSPS) is 28.2. The third kappa shape index (κ3) is 2.75. The van der Waals surface area contributed by atoms with Gasteiger partial charge in [-0.3, -0.25) is 9.59 Å². The van der Waals surface area contributed by atoms with Crippen LogP contribution in [0.2, 0.25) is 0 Å². The highest BCUT2D eigenvalue weighted by Gasteiger charge is 2.72. The molecule has 8 heteroatoms. The van der Waals surface area contributed by atoms with Crippen LogP contribution in [0.25, 0.3) is 0 Å². The molecule has 2 aromatic rings. The molecule has 0 aromatic heterocycles. The Kier molecular flexibility index (Phi) is 4.81. The number of imide groups is 1. The molecule has 0 unspecified atom stereocenters. The number of rotatable bonds is 3. The van der Waals surface area contributed by atoms with E-state index in [1.807, 2.05) is 37.3 Å². The number of hydrogen-bond acceptors (Lipinski definition) is 5. The summed E-state index contributed by atoms with van der Waals surface area (Å²) < 4.78 is 12.2. The number of aryl methyl sites for hydroxylation is 1. The third-order valence-electron chi connectivity index (χ3n) is 6.81. The number of urea groups is 1. The molecular weight excluding hydrogens is 476 g/mol. The smallest absolute Gasteiger partial charge is 0.332 e. The van der Waals surface area contributed by atoms with Crippen molar-refractivity contribution in [1.29, 1.82) is 0 Å². The molecule has 2 saturated heterocycles. The van der Waals surface area contributed by atoms with Gasteiger partial charge >= 0.3 is 12.0 Å². The van der Waals surface area contributed by atoms with E-state index in [0.717, 1.165) is 15.6 Å². The van der Waals surface area contributed by atoms with E-state index in [1.165, 1.54) is 4.90 Å². The van der Waals surface area contributed by atoms with Crippen molar-refractivity contribution in [1.82, 2.24) is 4.90 Å². The molecule has 3 aliphatic rings. The molecule has 32 heavy (non-hydrogen) atoms. The predicted octanol–water partition coefficient (Wildman–Crippen LogP) is 4.23. The second-order valence-corrected chi connectivity index (χ2v) is 9.52. The van der Waals surface area contributed by atoms with E-state index in [-0.39, 0.29) is 13.2 Å². The van der Waals surface area contributed by atoms with E-state index in [2.05, 4.69) is 15.9 Å². The van der Waals surface area contributed by atoms with Crippen LogP contribution in [-0.4, -0.2) is 41.6 Å². The number of halogens is 1. The molecule has 4 atom stereocenters. The molecule has 0 N–H and O–H groups in total. The lowest BCUT2D eigenvalue weighted by Crippen LogP contribution is -2.51. The van der Waals surface area contributed by atoms with Gasteiger partial charge in [-0.05, 0) is 51.1 Å². The lowest BCUT2D eigenvalue weighted by molar-refractivity contribution is -0.154. The second-order valence-electron chi connectivity index (χ2n) is 8.61. The fourth-order valence-corrected chi connectivity index (χ4v) is 5.77. The van der Waals surface area contributed by atoms with Crippen LogP contribution in [0.15, 0.2) is 46.9 Å². The maximum Gasteiger partial charge on any atom is 0.332 e. The van der Waals surface area contributed by atoms with Gasteiger partial charge in [-0.2, -0.15) is 0 Å². The molecule has 7 nitrogen and oxygen atoms in total. The van der Waals surface area contributed by atoms with Gasteiger partial charge in [-0.1, -0.05) is 33.6 Å². The van der Waals surface area contributed by atoms with Gasteiger partial charge < -0.3 is 14.4 Å². The average Bonchev–Trinajstić information content (AvgIpc) is 3.14. The molecule has 3 amide bonds. The van der Waals surface area contributed by atoms with E-state index >= 15 is 0 Å². The summed E-state index contributed by atoms with van der Waals surface area (Å²) in [5.41, 5.74) is 0.909. The molecule has 3 heterocycles. The van der Waals surface area contributed by atoms with E-state index in [4.69, 9.17) is 9.47 Å². The fourth-order valence-electron chi connectivity index (χ4n) is 5.39. The molecule has 0 spiro atoms. The minimum Gasteiger partial charge on any atom is -0.493 e. The summed E-state index contributed by atoms with van der Waals surface area (Å²) in [5, 5.41) is 0. The number of fused-ring (bicyclic) bond motifs is 5. The first-order valence-corrected chi connectivity index (χ1v) is 11.4. The van der Waals surface area contributed by atoms with Crippen molar-refractivity contribution in [3.8, 4) is 5.75 Å². The maximum absolute atomic E-state index is 13.9. The number of amides is 3. The monoisotopic (exact) mass is 498 g/mol. The fraction of sp³-hybridized carbons (Fsp3) is 0.375. The number of ether oxygens (including phenoxy) is 2. The lowest BCUT2D eigenvalue weighted by Gasteiger charge is -2.34. The van der Waals surface area contributed by atoms with Gasteiger partial charge in [0.15, 0.2) is 0 Å². The minimum atomic E-state index is -1.38. The number of carbonyl (C=O) groups excluding carboxylic acids is 3. The molecule has 2 fully saturated rings. The Morgan fingerprint density at radius 3 is 2.62 bits per heavy atom. The predicted molar refractivity (Wildman–Crippen MR) is 120 cm³/mol. The topological polar surface area (TPSA) is 76.2 Å². The third-order valence-corrected chi connectivity index (χ3v) is 7.30. The highest BCUT2D eigenvalue weighted by molar-refractivity contribution is 9.10. The van der Waals surface area contributed by atoms with E-state index < -0.39 is 41.3 Å². The number of hydrogen-bond donors (Lipinski definition) is 0. The minimum absolute atomic E-state index is 0.190. The number of anilines is 1. The van der Waals surface area contributed by atoms with E-state index in [0.29, 0.717) is 11.4 Å². The van der Waals surface area contributed by atoms with E-state index in [9.17, 15) is 14.4 Å². The molecule has 166 valence electrons. The molecule has 0 saturated carbocycles. The summed E-state index contributed by atoms with van der Waals surface area (Å²) in [4.78, 5) is 43.6. The van der Waals surface area contributed by atoms with Gasteiger partial charge in [0.05, 0.1) is 30.9 Å². The van der Waals surface area contributed by atoms with Gasteiger partial charge in [0.2, 0.25) is 0 Å². The largest absolute Gasteiger partial charge is 0.493 e. The van der Waals surface area contributed by atoms with Crippen molar-refractivity contribution < 1.29 is 23.9 Å². The summed E-state index contributed by atoms with van der Waals surface area (Å²) >= 11 is 3.50. The molecule has 0 bridgehead atoms. The highest BCUT2D eigenvalue weighted by atomic mass is 79.9. The zero-order valence-corrected chi connectivity index (χ0v) is 19.6. The van der Waals surface area contributed by atoms with Gasteiger partial charge in [0, 0.05) is 16.0 Å². The zero-order chi connectivity index (χ0) is 22.8. The quantitative estimate of drug-likeness (QED) is 0.467. The summed E-state index contributed by atoms with van der Waals surface area (Å²) in [5.74, 6) is -1.49. The second kappa shape index (κ2) is 7.33. The van der Waals surface area contributed by atoms with Gasteiger partial charge in [0.1, 0.15) is 11.3 Å². The van der Waals surface area contributed by atoms with E-state index in [1.54, 1.807) is 30.9 Å². The Morgan fingerprint density at radius 1 is 1.22 bits per heavy atom. The van der Waals surface area contributed by atoms with Crippen molar-refractivity contribution in [3.63, 3.8) is 0 Å². The number of nitrogens with zero attached hydrogens (tertiary/aromatic N) is 2. The van der Waals surface area contributed by atoms with Gasteiger partial charge in [-0.25, -0.2) is 9.69 Å². The van der Waals surface area contributed by atoms with Crippen molar-refractivity contribution in [2.45, 2.75) is 32.4 Å². The summed E-state index contributed by atoms with van der Waals surface area (Å²) in [6.07, 6.45) is 0. The van der Waals surface area contributed by atoms with Crippen LogP contribution in [-0.2, 0) is 14.3 Å². The molecule has 0 aliphatic carbocycles. The maximum atomic E-state index is 13.9. The first-order valence-electron chi connectivity index (χ1n) is 10.6. The Labute approximate surface area is 194 Å². The Hall–Kier alpha value is -2.87. The van der Waals surface area contributed by atoms with Gasteiger partial charge in [-0.15, -0.1) is 0 Å². The van der Waals surface area contributed by atoms with Crippen molar-refractivity contribution in [3.05, 3.63) is 58.1 Å². The Balaban J connectivity index is 1.69. The summed E-state index contributed by atoms with van der Waals surface area (Å²) in [7, 11) is 0. The van der Waals surface area contributed by atoms with Gasteiger partial charge in [0.25, 0.3) is 5.91 Å². The molecule has 2 aromatic carbocycles. The standard InChI is InChI=1S/C24H23BrN2O5/c1-4-31-21(28)19-17-12-32-18-10-7-14(25)11-16(18)20(17)27-23(30)26(22(29)24(19,27)3)15-8-5-13(2)6-9-15/h5-11,17,19-20H,4,12H2,1-3H3/t17-,19+,20-,24-/m1/s1. The summed E-state index contributed by atoms with van der Waals surface area (Å²) in [6.45, 7) is 5.76. The first-order chi connectivity index (χ1) is 15.3. The van der Waals surface area contributed by atoms with Crippen molar-refractivity contribution in [2.24, 2.45) is 11.8 Å². The molecule has 3 aliphatic heterocycles. The Bertz CT molecular complexity index is 1130. The molecular formula is C24H23BrN2O5. The molecule has 0 radical (unpaired) electrons. The first kappa shape index (κ1) is 21.0. The lowest BCUT2D eigenvalue weighted by atomic mass is 9.77. The summed E-state index contributed by atoms with van der Waals surface area (Å²) in [6, 6.07) is 11.9. The number of esters is 1. The Morgan fingerprint density at radius 2 is 1.94 bits per heavy atom. The van der Waals surface area contributed by atoms with Crippen molar-refractivity contribution >= 4 is 39.5 Å². The molecule has 5 rings (SSSR count). The van der Waals surface area contributed by atoms with Crippen LogP contribution in [0.3, 0.4) is 0 Å². The van der Waals surface area contributed by atoms with Crippen LogP contribution >= 0.6 is 15.9 Å². The zero-order valence-electron chi connectivity index (χ0n) is 18.0.